The lowest BCUT2D eigenvalue weighted by Gasteiger charge is -2.29. The summed E-state index contributed by atoms with van der Waals surface area (Å²) >= 11 is 0. The topological polar surface area (TPSA) is 64.1 Å². The van der Waals surface area contributed by atoms with Gasteiger partial charge in [0.05, 0.1) is 0 Å². The Labute approximate surface area is 177 Å². The number of nitrogens with one attached hydrogen (secondary N) is 1. The number of hydrogen-bond acceptors (Lipinski definition) is 4. The molecule has 1 aliphatic carbocycles. The Morgan fingerprint density at radius 1 is 0.867 bits per heavy atom. The van der Waals surface area contributed by atoms with Crippen LogP contribution in [0.4, 0.5) is 0 Å². The van der Waals surface area contributed by atoms with Gasteiger partial charge in [0.15, 0.2) is 0 Å². The van der Waals surface area contributed by atoms with Crippen molar-refractivity contribution in [3.63, 3.8) is 0 Å². The van der Waals surface area contributed by atoms with Crippen LogP contribution < -0.4 is 10.1 Å². The standard InChI is InChI=1S/C25H27N3O2/c1-17-16-18(2)27-25(26-17)30-23-14-12-22(13-15-23)28-24(29)21-10-8-20(9-11-21)19-6-4-3-5-7-19/h3-11,16,22-23H,12-15H2,1-2H3,(H,28,29). The van der Waals surface area contributed by atoms with Crippen molar-refractivity contribution in [1.29, 1.82) is 0 Å². The van der Waals surface area contributed by atoms with Gasteiger partial charge in [-0.15, -0.1) is 0 Å². The van der Waals surface area contributed by atoms with Crippen molar-refractivity contribution in [2.75, 3.05) is 0 Å². The zero-order chi connectivity index (χ0) is 20.9. The fraction of sp³-hybridized carbons (Fsp3) is 0.320. The summed E-state index contributed by atoms with van der Waals surface area (Å²) in [5.74, 6) is -0.0170. The van der Waals surface area contributed by atoms with E-state index in [4.69, 9.17) is 4.74 Å². The minimum absolute atomic E-state index is 0.0170. The van der Waals surface area contributed by atoms with E-state index in [0.717, 1.165) is 48.2 Å². The highest BCUT2D eigenvalue weighted by molar-refractivity contribution is 5.94. The molecule has 0 aliphatic heterocycles. The number of aromatic nitrogens is 2. The lowest BCUT2D eigenvalue weighted by molar-refractivity contribution is 0.0884. The molecule has 0 spiro atoms. The van der Waals surface area contributed by atoms with E-state index >= 15 is 0 Å². The number of rotatable bonds is 5. The van der Waals surface area contributed by atoms with Gasteiger partial charge < -0.3 is 10.1 Å². The summed E-state index contributed by atoms with van der Waals surface area (Å²) in [6.45, 7) is 3.89. The number of nitrogens with zero attached hydrogens (tertiary/aromatic N) is 2. The monoisotopic (exact) mass is 401 g/mol. The molecule has 0 unspecified atom stereocenters. The Kier molecular flexibility index (Phi) is 6.07. The third-order valence-electron chi connectivity index (χ3n) is 5.50. The Bertz CT molecular complexity index is 974. The van der Waals surface area contributed by atoms with Crippen LogP contribution in [0.25, 0.3) is 11.1 Å². The second kappa shape index (κ2) is 9.08. The molecule has 5 nitrogen and oxygen atoms in total. The lowest BCUT2D eigenvalue weighted by atomic mass is 9.92. The molecular weight excluding hydrogens is 374 g/mol. The molecule has 1 heterocycles. The Morgan fingerprint density at radius 2 is 1.47 bits per heavy atom. The van der Waals surface area contributed by atoms with Crippen molar-refractivity contribution < 1.29 is 9.53 Å². The van der Waals surface area contributed by atoms with Crippen LogP contribution in [-0.4, -0.2) is 28.0 Å². The zero-order valence-corrected chi connectivity index (χ0v) is 17.5. The van der Waals surface area contributed by atoms with E-state index in [1.54, 1.807) is 0 Å². The molecule has 0 saturated heterocycles. The van der Waals surface area contributed by atoms with Crippen LogP contribution in [-0.2, 0) is 0 Å². The summed E-state index contributed by atoms with van der Waals surface area (Å²) in [5.41, 5.74) is 4.78. The average molecular weight is 402 g/mol. The van der Waals surface area contributed by atoms with Gasteiger partial charge in [0.25, 0.3) is 5.91 Å². The molecule has 5 heteroatoms. The normalized spacial score (nSPS) is 18.6. The van der Waals surface area contributed by atoms with Crippen molar-refractivity contribution in [3.8, 4) is 17.1 Å². The molecular formula is C25H27N3O2. The predicted molar refractivity (Wildman–Crippen MR) is 118 cm³/mol. The molecule has 1 N–H and O–H groups in total. The third kappa shape index (κ3) is 5.03. The molecule has 1 amide bonds. The number of ether oxygens (including phenoxy) is 1. The number of aryl methyl sites for hydroxylation is 2. The van der Waals surface area contributed by atoms with Crippen LogP contribution in [0.3, 0.4) is 0 Å². The van der Waals surface area contributed by atoms with Gasteiger partial charge >= 0.3 is 6.01 Å². The first kappa shape index (κ1) is 20.1. The highest BCUT2D eigenvalue weighted by atomic mass is 16.5. The van der Waals surface area contributed by atoms with Crippen molar-refractivity contribution >= 4 is 5.91 Å². The maximum Gasteiger partial charge on any atom is 0.317 e. The summed E-state index contributed by atoms with van der Waals surface area (Å²) in [6.07, 6.45) is 3.65. The molecule has 1 saturated carbocycles. The molecule has 30 heavy (non-hydrogen) atoms. The molecule has 1 aromatic heterocycles. The Morgan fingerprint density at radius 3 is 2.10 bits per heavy atom. The van der Waals surface area contributed by atoms with Gasteiger partial charge in [-0.05, 0) is 68.9 Å². The summed E-state index contributed by atoms with van der Waals surface area (Å²) in [5, 5.41) is 3.17. The first-order valence-corrected chi connectivity index (χ1v) is 10.5. The maximum absolute atomic E-state index is 12.6. The Balaban J connectivity index is 1.29. The maximum atomic E-state index is 12.6. The molecule has 3 aromatic rings. The van der Waals surface area contributed by atoms with Crippen LogP contribution in [0.5, 0.6) is 6.01 Å². The summed E-state index contributed by atoms with van der Waals surface area (Å²) in [6, 6.07) is 20.5. The van der Waals surface area contributed by atoms with E-state index in [1.807, 2.05) is 62.4 Å². The van der Waals surface area contributed by atoms with Crippen LogP contribution in [0.1, 0.15) is 47.4 Å². The second-order valence-electron chi connectivity index (χ2n) is 7.94. The van der Waals surface area contributed by atoms with Crippen LogP contribution in [0.2, 0.25) is 0 Å². The minimum atomic E-state index is -0.0170. The molecule has 154 valence electrons. The minimum Gasteiger partial charge on any atom is -0.460 e. The van der Waals surface area contributed by atoms with Crippen LogP contribution in [0, 0.1) is 13.8 Å². The molecule has 4 rings (SSSR count). The number of carbonyl (C=O) groups is 1. The SMILES string of the molecule is Cc1cc(C)nc(OC2CCC(NC(=O)c3ccc(-c4ccccc4)cc3)CC2)n1. The summed E-state index contributed by atoms with van der Waals surface area (Å²) in [7, 11) is 0. The number of amides is 1. The molecule has 2 aromatic carbocycles. The van der Waals surface area contributed by atoms with Gasteiger partial charge in [-0.1, -0.05) is 42.5 Å². The first-order chi connectivity index (χ1) is 14.6. The van der Waals surface area contributed by atoms with Crippen molar-refractivity contribution in [1.82, 2.24) is 15.3 Å². The lowest BCUT2D eigenvalue weighted by Crippen LogP contribution is -2.39. The van der Waals surface area contributed by atoms with Crippen LogP contribution in [0.15, 0.2) is 60.7 Å². The summed E-state index contributed by atoms with van der Waals surface area (Å²) in [4.78, 5) is 21.4. The van der Waals surface area contributed by atoms with Crippen molar-refractivity contribution in [2.45, 2.75) is 51.7 Å². The van der Waals surface area contributed by atoms with Gasteiger partial charge in [0.2, 0.25) is 0 Å². The van der Waals surface area contributed by atoms with E-state index in [0.29, 0.717) is 11.6 Å². The third-order valence-corrected chi connectivity index (χ3v) is 5.50. The first-order valence-electron chi connectivity index (χ1n) is 10.5. The van der Waals surface area contributed by atoms with E-state index in [1.165, 1.54) is 0 Å². The predicted octanol–water partition coefficient (Wildman–Crippen LogP) is 4.88. The van der Waals surface area contributed by atoms with E-state index in [-0.39, 0.29) is 18.1 Å². The highest BCUT2D eigenvalue weighted by Gasteiger charge is 2.24. The smallest absolute Gasteiger partial charge is 0.317 e. The Hall–Kier alpha value is -3.21. The quantitative estimate of drug-likeness (QED) is 0.662. The van der Waals surface area contributed by atoms with E-state index in [2.05, 4.69) is 27.4 Å². The second-order valence-corrected chi connectivity index (χ2v) is 7.94. The molecule has 0 atom stereocenters. The molecule has 0 bridgehead atoms. The van der Waals surface area contributed by atoms with Crippen molar-refractivity contribution in [2.24, 2.45) is 0 Å². The summed E-state index contributed by atoms with van der Waals surface area (Å²) < 4.78 is 5.98. The fourth-order valence-corrected chi connectivity index (χ4v) is 3.93. The van der Waals surface area contributed by atoms with Crippen LogP contribution >= 0.6 is 0 Å². The zero-order valence-electron chi connectivity index (χ0n) is 17.5. The van der Waals surface area contributed by atoms with Gasteiger partial charge in [0.1, 0.15) is 6.10 Å². The molecule has 1 aliphatic rings. The van der Waals surface area contributed by atoms with E-state index < -0.39 is 0 Å². The molecule has 1 fully saturated rings. The van der Waals surface area contributed by atoms with Gasteiger partial charge in [0, 0.05) is 23.0 Å². The number of carbonyl (C=O) groups excluding carboxylic acids is 1. The average Bonchev–Trinajstić information content (AvgIpc) is 2.75. The number of benzene rings is 2. The van der Waals surface area contributed by atoms with Gasteiger partial charge in [-0.3, -0.25) is 4.79 Å². The van der Waals surface area contributed by atoms with Gasteiger partial charge in [-0.2, -0.15) is 0 Å². The molecule has 0 radical (unpaired) electrons. The van der Waals surface area contributed by atoms with E-state index in [9.17, 15) is 4.79 Å². The number of hydrogen-bond donors (Lipinski definition) is 1. The highest BCUT2D eigenvalue weighted by Crippen LogP contribution is 2.23. The largest absolute Gasteiger partial charge is 0.460 e. The van der Waals surface area contributed by atoms with Crippen molar-refractivity contribution in [3.05, 3.63) is 77.6 Å². The fourth-order valence-electron chi connectivity index (χ4n) is 3.93. The van der Waals surface area contributed by atoms with Gasteiger partial charge in [-0.25, -0.2) is 9.97 Å².